The quantitative estimate of drug-likeness (QED) is 0.712. The van der Waals surface area contributed by atoms with Crippen molar-refractivity contribution in [1.29, 1.82) is 0 Å². The van der Waals surface area contributed by atoms with Crippen LogP contribution in [0.1, 0.15) is 20.8 Å². The second-order valence-corrected chi connectivity index (χ2v) is 6.99. The topological polar surface area (TPSA) is 43.6 Å². The number of rotatable bonds is 3. The van der Waals surface area contributed by atoms with Gasteiger partial charge in [0.2, 0.25) is 0 Å². The van der Waals surface area contributed by atoms with Crippen molar-refractivity contribution in [2.24, 2.45) is 12.0 Å². The molecule has 3 rings (SSSR count). The molecule has 1 heterocycles. The molecule has 0 bridgehead atoms. The molecule has 0 unspecified atom stereocenters. The van der Waals surface area contributed by atoms with E-state index in [2.05, 4.69) is 4.99 Å². The van der Waals surface area contributed by atoms with E-state index in [0.717, 1.165) is 27.4 Å². The smallest absolute Gasteiger partial charge is 0.279 e. The average Bonchev–Trinajstić information content (AvgIpc) is 2.89. The van der Waals surface area contributed by atoms with Crippen molar-refractivity contribution in [2.45, 2.75) is 13.8 Å². The number of aromatic nitrogens is 1. The van der Waals surface area contributed by atoms with Crippen molar-refractivity contribution in [3.05, 3.63) is 69.3 Å². The van der Waals surface area contributed by atoms with Crippen LogP contribution in [0.15, 0.2) is 53.5 Å². The van der Waals surface area contributed by atoms with Crippen LogP contribution >= 0.6 is 11.3 Å². The van der Waals surface area contributed by atoms with Gasteiger partial charge in [0.25, 0.3) is 5.91 Å². The molecule has 3 aromatic rings. The molecule has 4 nitrogen and oxygen atoms in total. The molecule has 0 atom stereocenters. The Hall–Kier alpha value is -2.66. The molecule has 0 spiro atoms. The predicted octanol–water partition coefficient (Wildman–Crippen LogP) is 4.12. The number of methoxy groups -OCH3 is 1. The molecule has 2 aromatic carbocycles. The van der Waals surface area contributed by atoms with Gasteiger partial charge < -0.3 is 9.30 Å². The van der Waals surface area contributed by atoms with E-state index in [9.17, 15) is 4.79 Å². The molecule has 0 aliphatic rings. The number of carbonyl (C=O) groups is 1. The fraction of sp³-hybridized carbons (Fsp3) is 0.200. The van der Waals surface area contributed by atoms with E-state index in [1.165, 1.54) is 11.3 Å². The summed E-state index contributed by atoms with van der Waals surface area (Å²) in [4.78, 5) is 18.7. The number of ether oxygens (including phenoxy) is 1. The van der Waals surface area contributed by atoms with Crippen molar-refractivity contribution in [2.75, 3.05) is 7.11 Å². The second-order valence-electron chi connectivity index (χ2n) is 5.81. The summed E-state index contributed by atoms with van der Waals surface area (Å²) in [5, 5.41) is 0. The van der Waals surface area contributed by atoms with E-state index >= 15 is 0 Å². The zero-order chi connectivity index (χ0) is 18.0. The van der Waals surface area contributed by atoms with Crippen molar-refractivity contribution in [3.63, 3.8) is 0 Å². The number of nitrogens with zero attached hydrogens (tertiary/aromatic N) is 2. The molecule has 128 valence electrons. The van der Waals surface area contributed by atoms with Crippen LogP contribution in [-0.2, 0) is 7.05 Å². The Morgan fingerprint density at radius 1 is 1.08 bits per heavy atom. The molecule has 0 aliphatic carbocycles. The molecule has 0 radical (unpaired) electrons. The van der Waals surface area contributed by atoms with Crippen LogP contribution in [0.4, 0.5) is 0 Å². The van der Waals surface area contributed by atoms with Gasteiger partial charge in [-0.15, -0.1) is 11.3 Å². The molecule has 25 heavy (non-hydrogen) atoms. The third-order valence-electron chi connectivity index (χ3n) is 4.14. The largest absolute Gasteiger partial charge is 0.497 e. The van der Waals surface area contributed by atoms with Crippen LogP contribution in [0.5, 0.6) is 5.75 Å². The van der Waals surface area contributed by atoms with Crippen molar-refractivity contribution < 1.29 is 9.53 Å². The summed E-state index contributed by atoms with van der Waals surface area (Å²) in [6.07, 6.45) is 0. The first-order valence-electron chi connectivity index (χ1n) is 7.97. The lowest BCUT2D eigenvalue weighted by Gasteiger charge is -2.06. The maximum atomic E-state index is 12.5. The number of benzene rings is 2. The Balaban J connectivity index is 2.04. The summed E-state index contributed by atoms with van der Waals surface area (Å²) >= 11 is 1.52. The normalized spacial score (nSPS) is 11.6. The van der Waals surface area contributed by atoms with Gasteiger partial charge in [0, 0.05) is 17.5 Å². The lowest BCUT2D eigenvalue weighted by molar-refractivity contribution is 0.0997. The molecule has 0 fully saturated rings. The van der Waals surface area contributed by atoms with Gasteiger partial charge in [0.1, 0.15) is 5.75 Å². The Bertz CT molecular complexity index is 982. The molecule has 1 aromatic heterocycles. The number of thiazole rings is 1. The second kappa shape index (κ2) is 7.07. The first-order valence-corrected chi connectivity index (χ1v) is 8.78. The number of aryl methyl sites for hydroxylation is 2. The predicted molar refractivity (Wildman–Crippen MR) is 101 cm³/mol. The number of amides is 1. The van der Waals surface area contributed by atoms with E-state index in [1.54, 1.807) is 7.11 Å². The Kier molecular flexibility index (Phi) is 4.86. The molecular formula is C20H20N2O2S. The summed E-state index contributed by atoms with van der Waals surface area (Å²) in [5.41, 5.74) is 3.70. The van der Waals surface area contributed by atoms with Gasteiger partial charge in [-0.25, -0.2) is 0 Å². The monoisotopic (exact) mass is 352 g/mol. The van der Waals surface area contributed by atoms with Gasteiger partial charge in [0.05, 0.1) is 12.8 Å². The standard InChI is InChI=1S/C20H20N2O2S/c1-13-7-5-6-8-17(13)19(23)21-20-22(3)18(14(2)25-20)15-9-11-16(24-4)12-10-15/h5-12H,1-4H3. The molecule has 0 N–H and O–H groups in total. The summed E-state index contributed by atoms with van der Waals surface area (Å²) < 4.78 is 7.19. The van der Waals surface area contributed by atoms with E-state index in [-0.39, 0.29) is 5.91 Å². The van der Waals surface area contributed by atoms with Crippen LogP contribution in [0, 0.1) is 13.8 Å². The molecule has 0 saturated heterocycles. The maximum Gasteiger partial charge on any atom is 0.279 e. The Morgan fingerprint density at radius 2 is 1.76 bits per heavy atom. The van der Waals surface area contributed by atoms with Gasteiger partial charge in [-0.05, 0) is 55.3 Å². The Morgan fingerprint density at radius 3 is 2.40 bits per heavy atom. The van der Waals surface area contributed by atoms with E-state index in [0.29, 0.717) is 10.4 Å². The molecule has 0 aliphatic heterocycles. The number of carbonyl (C=O) groups excluding carboxylic acids is 1. The molecule has 5 heteroatoms. The lowest BCUT2D eigenvalue weighted by atomic mass is 10.1. The highest BCUT2D eigenvalue weighted by molar-refractivity contribution is 7.09. The van der Waals surface area contributed by atoms with Gasteiger partial charge in [0.15, 0.2) is 4.80 Å². The van der Waals surface area contributed by atoms with Crippen LogP contribution in [-0.4, -0.2) is 17.6 Å². The minimum Gasteiger partial charge on any atom is -0.497 e. The molecular weight excluding hydrogens is 332 g/mol. The lowest BCUT2D eigenvalue weighted by Crippen LogP contribution is -2.14. The average molecular weight is 352 g/mol. The van der Waals surface area contributed by atoms with Gasteiger partial charge in [-0.1, -0.05) is 18.2 Å². The zero-order valence-corrected chi connectivity index (χ0v) is 15.6. The fourth-order valence-corrected chi connectivity index (χ4v) is 3.77. The van der Waals surface area contributed by atoms with E-state index < -0.39 is 0 Å². The minimum absolute atomic E-state index is 0.212. The molecule has 0 saturated carbocycles. The van der Waals surface area contributed by atoms with Crippen LogP contribution in [0.3, 0.4) is 0 Å². The molecule has 1 amide bonds. The van der Waals surface area contributed by atoms with Crippen molar-refractivity contribution >= 4 is 17.2 Å². The van der Waals surface area contributed by atoms with Gasteiger partial charge in [-0.2, -0.15) is 4.99 Å². The zero-order valence-electron chi connectivity index (χ0n) is 14.7. The van der Waals surface area contributed by atoms with Crippen LogP contribution < -0.4 is 9.54 Å². The van der Waals surface area contributed by atoms with Crippen molar-refractivity contribution in [3.8, 4) is 17.0 Å². The summed E-state index contributed by atoms with van der Waals surface area (Å²) in [5.74, 6) is 0.607. The third-order valence-corrected chi connectivity index (χ3v) is 5.18. The van der Waals surface area contributed by atoms with Gasteiger partial charge in [-0.3, -0.25) is 4.79 Å². The number of hydrogen-bond acceptors (Lipinski definition) is 3. The minimum atomic E-state index is -0.212. The highest BCUT2D eigenvalue weighted by Gasteiger charge is 2.12. The van der Waals surface area contributed by atoms with Crippen molar-refractivity contribution in [1.82, 2.24) is 4.57 Å². The summed E-state index contributed by atoms with van der Waals surface area (Å²) in [7, 11) is 3.59. The first-order chi connectivity index (χ1) is 12.0. The van der Waals surface area contributed by atoms with Crippen LogP contribution in [0.25, 0.3) is 11.3 Å². The SMILES string of the molecule is COc1ccc(-c2c(C)sc(=NC(=O)c3ccccc3C)n2C)cc1. The van der Waals surface area contributed by atoms with Gasteiger partial charge >= 0.3 is 0 Å². The highest BCUT2D eigenvalue weighted by Crippen LogP contribution is 2.26. The fourth-order valence-electron chi connectivity index (χ4n) is 2.79. The number of hydrogen-bond donors (Lipinski definition) is 0. The maximum absolute atomic E-state index is 12.5. The van der Waals surface area contributed by atoms with Crippen LogP contribution in [0.2, 0.25) is 0 Å². The summed E-state index contributed by atoms with van der Waals surface area (Å²) in [6.45, 7) is 3.96. The van der Waals surface area contributed by atoms with E-state index in [1.807, 2.05) is 74.0 Å². The highest BCUT2D eigenvalue weighted by atomic mass is 32.1. The third kappa shape index (κ3) is 3.42. The Labute approximate surface area is 151 Å². The summed E-state index contributed by atoms with van der Waals surface area (Å²) in [6, 6.07) is 15.4. The van der Waals surface area contributed by atoms with E-state index in [4.69, 9.17) is 4.74 Å². The first kappa shape index (κ1) is 17.2.